The van der Waals surface area contributed by atoms with Gasteiger partial charge in [-0.05, 0) is 17.5 Å². The third-order valence-electron chi connectivity index (χ3n) is 2.93. The van der Waals surface area contributed by atoms with E-state index < -0.39 is 4.92 Å². The van der Waals surface area contributed by atoms with Gasteiger partial charge in [0.25, 0.3) is 5.69 Å². The molecule has 0 radical (unpaired) electrons. The van der Waals surface area contributed by atoms with E-state index in [0.29, 0.717) is 13.0 Å². The van der Waals surface area contributed by atoms with Crippen LogP contribution < -0.4 is 10.6 Å². The van der Waals surface area contributed by atoms with Gasteiger partial charge in [0.1, 0.15) is 0 Å². The lowest BCUT2D eigenvalue weighted by Crippen LogP contribution is -2.46. The molecule has 2 rings (SSSR count). The lowest BCUT2D eigenvalue weighted by atomic mass is 9.95. The highest BCUT2D eigenvalue weighted by Gasteiger charge is 2.24. The van der Waals surface area contributed by atoms with Gasteiger partial charge in [0, 0.05) is 25.7 Å². The Morgan fingerprint density at radius 2 is 2.22 bits per heavy atom. The molecule has 18 heavy (non-hydrogen) atoms. The smallest absolute Gasteiger partial charge is 0.269 e. The van der Waals surface area contributed by atoms with Gasteiger partial charge in [0.15, 0.2) is 0 Å². The molecule has 1 aliphatic rings. The summed E-state index contributed by atoms with van der Waals surface area (Å²) in [7, 11) is 1.59. The Kier molecular flexibility index (Phi) is 4.63. The summed E-state index contributed by atoms with van der Waals surface area (Å²) in [6, 6.07) is 4.51. The molecule has 1 aromatic rings. The lowest BCUT2D eigenvalue weighted by molar-refractivity contribution is -0.384. The van der Waals surface area contributed by atoms with E-state index in [-0.39, 0.29) is 30.0 Å². The van der Waals surface area contributed by atoms with Crippen molar-refractivity contribution < 1.29 is 9.72 Å². The predicted octanol–water partition coefficient (Wildman–Crippen LogP) is 0.777. The molecule has 98 valence electrons. The summed E-state index contributed by atoms with van der Waals surface area (Å²) in [6.45, 7) is 0.481. The van der Waals surface area contributed by atoms with E-state index in [1.165, 1.54) is 6.07 Å². The highest BCUT2D eigenvalue weighted by molar-refractivity contribution is 5.85. The third kappa shape index (κ3) is 2.77. The van der Waals surface area contributed by atoms with E-state index in [0.717, 1.165) is 11.1 Å². The first-order valence-electron chi connectivity index (χ1n) is 5.33. The number of rotatable bonds is 2. The predicted molar refractivity (Wildman–Crippen MR) is 68.7 cm³/mol. The first kappa shape index (κ1) is 14.4. The van der Waals surface area contributed by atoms with Gasteiger partial charge in [-0.25, -0.2) is 0 Å². The van der Waals surface area contributed by atoms with Crippen LogP contribution in [0.4, 0.5) is 5.69 Å². The zero-order valence-electron chi connectivity index (χ0n) is 9.80. The molecule has 7 heteroatoms. The Hall–Kier alpha value is -1.66. The van der Waals surface area contributed by atoms with Crippen molar-refractivity contribution in [2.45, 2.75) is 19.0 Å². The summed E-state index contributed by atoms with van der Waals surface area (Å²) in [4.78, 5) is 21.7. The summed E-state index contributed by atoms with van der Waals surface area (Å²) in [6.07, 6.45) is 0.563. The molecule has 2 N–H and O–H groups in total. The molecule has 0 aliphatic carbocycles. The fourth-order valence-electron chi connectivity index (χ4n) is 1.97. The molecule has 1 atom stereocenters. The lowest BCUT2D eigenvalue weighted by Gasteiger charge is -2.24. The Balaban J connectivity index is 0.00000162. The molecule has 6 nitrogen and oxygen atoms in total. The van der Waals surface area contributed by atoms with Crippen molar-refractivity contribution in [3.8, 4) is 0 Å². The van der Waals surface area contributed by atoms with Crippen molar-refractivity contribution in [3.05, 3.63) is 39.4 Å². The molecule has 0 saturated carbocycles. The minimum atomic E-state index is -0.412. The van der Waals surface area contributed by atoms with E-state index >= 15 is 0 Å². The van der Waals surface area contributed by atoms with Crippen LogP contribution in [0, 0.1) is 10.1 Å². The van der Waals surface area contributed by atoms with Crippen LogP contribution in [0.2, 0.25) is 0 Å². The Morgan fingerprint density at radius 1 is 1.50 bits per heavy atom. The van der Waals surface area contributed by atoms with Crippen LogP contribution in [0.15, 0.2) is 18.2 Å². The number of fused-ring (bicyclic) bond motifs is 1. The van der Waals surface area contributed by atoms with Gasteiger partial charge in [0.2, 0.25) is 5.91 Å². The first-order chi connectivity index (χ1) is 8.11. The Labute approximate surface area is 110 Å². The molecule has 0 aromatic heterocycles. The minimum absolute atomic E-state index is 0. The second kappa shape index (κ2) is 5.79. The van der Waals surface area contributed by atoms with Crippen LogP contribution in [0.25, 0.3) is 0 Å². The minimum Gasteiger partial charge on any atom is -0.358 e. The molecule has 0 unspecified atom stereocenters. The van der Waals surface area contributed by atoms with Crippen molar-refractivity contribution in [1.29, 1.82) is 0 Å². The summed E-state index contributed by atoms with van der Waals surface area (Å²) in [5.74, 6) is -0.0611. The maximum Gasteiger partial charge on any atom is 0.269 e. The van der Waals surface area contributed by atoms with E-state index in [9.17, 15) is 14.9 Å². The number of likely N-dealkylation sites (N-methyl/N-ethyl adjacent to an activating group) is 1. The van der Waals surface area contributed by atoms with Crippen LogP contribution in [-0.2, 0) is 17.8 Å². The second-order valence-corrected chi connectivity index (χ2v) is 3.96. The Morgan fingerprint density at radius 3 is 2.83 bits per heavy atom. The van der Waals surface area contributed by atoms with Gasteiger partial charge < -0.3 is 10.6 Å². The number of carbonyl (C=O) groups excluding carboxylic acids is 1. The molecule has 0 fully saturated rings. The van der Waals surface area contributed by atoms with Crippen molar-refractivity contribution >= 4 is 24.0 Å². The largest absolute Gasteiger partial charge is 0.358 e. The van der Waals surface area contributed by atoms with E-state index in [2.05, 4.69) is 10.6 Å². The fraction of sp³-hybridized carbons (Fsp3) is 0.364. The number of nitro benzene ring substituents is 1. The maximum atomic E-state index is 11.5. The van der Waals surface area contributed by atoms with Crippen molar-refractivity contribution in [3.63, 3.8) is 0 Å². The number of halogens is 1. The normalized spacial score (nSPS) is 17.3. The van der Waals surface area contributed by atoms with Gasteiger partial charge in [-0.3, -0.25) is 14.9 Å². The summed E-state index contributed by atoms with van der Waals surface area (Å²) >= 11 is 0. The van der Waals surface area contributed by atoms with Crippen molar-refractivity contribution in [2.24, 2.45) is 0 Å². The number of amides is 1. The Bertz CT molecular complexity index is 479. The topological polar surface area (TPSA) is 84.3 Å². The standard InChI is InChI=1S/C11H13N3O3.ClH/c1-12-11(15)10-5-7-2-3-9(14(16)17)4-8(7)6-13-10;/h2-4,10,13H,5-6H2,1H3,(H,12,15);1H/t10-;/m1./s1. The number of hydrogen-bond acceptors (Lipinski definition) is 4. The highest BCUT2D eigenvalue weighted by Crippen LogP contribution is 2.22. The summed E-state index contributed by atoms with van der Waals surface area (Å²) in [5, 5.41) is 16.3. The monoisotopic (exact) mass is 271 g/mol. The number of carbonyl (C=O) groups is 1. The molecule has 0 bridgehead atoms. The number of nitrogens with one attached hydrogen (secondary N) is 2. The van der Waals surface area contributed by atoms with Crippen LogP contribution in [0.3, 0.4) is 0 Å². The molecule has 1 heterocycles. The number of nitro groups is 1. The van der Waals surface area contributed by atoms with Crippen molar-refractivity contribution in [1.82, 2.24) is 10.6 Å². The maximum absolute atomic E-state index is 11.5. The molecule has 1 aliphatic heterocycles. The number of hydrogen-bond donors (Lipinski definition) is 2. The zero-order valence-corrected chi connectivity index (χ0v) is 10.6. The summed E-state index contributed by atoms with van der Waals surface area (Å²) < 4.78 is 0. The first-order valence-corrected chi connectivity index (χ1v) is 5.33. The van der Waals surface area contributed by atoms with Crippen LogP contribution >= 0.6 is 12.4 Å². The number of non-ortho nitro benzene ring substituents is 1. The van der Waals surface area contributed by atoms with Gasteiger partial charge >= 0.3 is 0 Å². The van der Waals surface area contributed by atoms with Gasteiger partial charge in [-0.2, -0.15) is 0 Å². The average Bonchev–Trinajstić information content (AvgIpc) is 2.36. The van der Waals surface area contributed by atoms with E-state index in [4.69, 9.17) is 0 Å². The van der Waals surface area contributed by atoms with Gasteiger partial charge in [-0.15, -0.1) is 12.4 Å². The molecule has 0 saturated heterocycles. The van der Waals surface area contributed by atoms with Crippen molar-refractivity contribution in [2.75, 3.05) is 7.05 Å². The molecular formula is C11H14ClN3O3. The number of benzene rings is 1. The molecular weight excluding hydrogens is 258 g/mol. The fourth-order valence-corrected chi connectivity index (χ4v) is 1.97. The van der Waals surface area contributed by atoms with Crippen LogP contribution in [-0.4, -0.2) is 23.9 Å². The van der Waals surface area contributed by atoms with Crippen LogP contribution in [0.1, 0.15) is 11.1 Å². The quantitative estimate of drug-likeness (QED) is 0.615. The van der Waals surface area contributed by atoms with Gasteiger partial charge in [0.05, 0.1) is 11.0 Å². The second-order valence-electron chi connectivity index (χ2n) is 3.96. The SMILES string of the molecule is CNC(=O)[C@H]1Cc2ccc([N+](=O)[O-])cc2CN1.Cl. The van der Waals surface area contributed by atoms with E-state index in [1.54, 1.807) is 19.2 Å². The molecule has 1 aromatic carbocycles. The highest BCUT2D eigenvalue weighted by atomic mass is 35.5. The third-order valence-corrected chi connectivity index (χ3v) is 2.93. The number of nitrogens with zero attached hydrogens (tertiary/aromatic N) is 1. The molecule has 0 spiro atoms. The van der Waals surface area contributed by atoms with E-state index in [1.807, 2.05) is 0 Å². The molecule has 1 amide bonds. The summed E-state index contributed by atoms with van der Waals surface area (Å²) in [5.41, 5.74) is 1.96. The van der Waals surface area contributed by atoms with Crippen LogP contribution in [0.5, 0.6) is 0 Å². The zero-order chi connectivity index (χ0) is 12.4. The van der Waals surface area contributed by atoms with Gasteiger partial charge in [-0.1, -0.05) is 6.07 Å². The average molecular weight is 272 g/mol.